The molecule has 0 fully saturated rings. The largest absolute Gasteiger partial charge is 0.340 e. The minimum absolute atomic E-state index is 0.194. The van der Waals surface area contributed by atoms with Crippen molar-refractivity contribution in [2.24, 2.45) is 0 Å². The van der Waals surface area contributed by atoms with Gasteiger partial charge in [0.15, 0.2) is 0 Å². The molecular weight excluding hydrogens is 325 g/mol. The van der Waals surface area contributed by atoms with Crippen LogP contribution in [0, 0.1) is 5.82 Å². The summed E-state index contributed by atoms with van der Waals surface area (Å²) in [7, 11) is 0. The molecule has 100 valence electrons. The summed E-state index contributed by atoms with van der Waals surface area (Å²) in [5, 5.41) is 2.98. The molecule has 20 heavy (non-hydrogen) atoms. The van der Waals surface area contributed by atoms with Crippen LogP contribution in [0.1, 0.15) is 0 Å². The van der Waals surface area contributed by atoms with Crippen molar-refractivity contribution >= 4 is 33.1 Å². The second-order valence-corrected chi connectivity index (χ2v) is 5.10. The molecule has 4 nitrogen and oxygen atoms in total. The van der Waals surface area contributed by atoms with Gasteiger partial charge in [-0.15, -0.1) is 0 Å². The lowest BCUT2D eigenvalue weighted by Crippen LogP contribution is -2.14. The van der Waals surface area contributed by atoms with Crippen molar-refractivity contribution < 1.29 is 4.39 Å². The molecule has 0 bridgehead atoms. The Bertz CT molecular complexity index is 830. The molecule has 0 atom stereocenters. The summed E-state index contributed by atoms with van der Waals surface area (Å²) in [6, 6.07) is 10.8. The summed E-state index contributed by atoms with van der Waals surface area (Å²) in [4.78, 5) is 16.3. The molecule has 3 aromatic rings. The summed E-state index contributed by atoms with van der Waals surface area (Å²) < 4.78 is 15.1. The summed E-state index contributed by atoms with van der Waals surface area (Å²) in [5.41, 5.74) is 1.01. The average Bonchev–Trinajstić information content (AvgIpc) is 2.42. The van der Waals surface area contributed by atoms with Gasteiger partial charge in [-0.1, -0.05) is 0 Å². The topological polar surface area (TPSA) is 46.4 Å². The van der Waals surface area contributed by atoms with Gasteiger partial charge in [-0.25, -0.2) is 9.37 Å². The number of rotatable bonds is 2. The van der Waals surface area contributed by atoms with E-state index in [4.69, 9.17) is 0 Å². The van der Waals surface area contributed by atoms with Crippen molar-refractivity contribution in [3.8, 4) is 0 Å². The first-order chi connectivity index (χ1) is 9.61. The first-order valence-corrected chi connectivity index (χ1v) is 6.63. The highest BCUT2D eigenvalue weighted by Gasteiger charge is 2.03. The Labute approximate surface area is 122 Å². The number of anilines is 2. The summed E-state index contributed by atoms with van der Waals surface area (Å²) in [6.07, 6.45) is 1.66. The molecule has 1 aromatic carbocycles. The molecule has 0 aliphatic heterocycles. The van der Waals surface area contributed by atoms with Gasteiger partial charge in [0.2, 0.25) is 0 Å². The minimum atomic E-state index is -0.313. The molecule has 1 N–H and O–H groups in total. The van der Waals surface area contributed by atoms with E-state index in [0.717, 1.165) is 4.47 Å². The standard InChI is InChI=1S/C14H9BrFN3O/c15-9-1-6-13-18-12(7-14(20)19(13)8-9)17-11-4-2-10(16)3-5-11/h1-8,17H. The molecule has 6 heteroatoms. The smallest absolute Gasteiger partial charge is 0.259 e. The van der Waals surface area contributed by atoms with Gasteiger partial charge in [-0.3, -0.25) is 9.20 Å². The van der Waals surface area contributed by atoms with Gasteiger partial charge in [0.1, 0.15) is 17.3 Å². The molecule has 0 unspecified atom stereocenters. The molecule has 0 aliphatic carbocycles. The first kappa shape index (κ1) is 12.8. The Morgan fingerprint density at radius 3 is 2.65 bits per heavy atom. The summed E-state index contributed by atoms with van der Waals surface area (Å²) in [6.45, 7) is 0. The fourth-order valence-electron chi connectivity index (χ4n) is 1.82. The maximum atomic E-state index is 12.8. The van der Waals surface area contributed by atoms with Gasteiger partial charge >= 0.3 is 0 Å². The van der Waals surface area contributed by atoms with E-state index < -0.39 is 0 Å². The number of pyridine rings is 1. The molecule has 0 aliphatic rings. The number of hydrogen-bond acceptors (Lipinski definition) is 3. The Balaban J connectivity index is 2.02. The van der Waals surface area contributed by atoms with Crippen LogP contribution in [0.3, 0.4) is 0 Å². The number of aromatic nitrogens is 2. The van der Waals surface area contributed by atoms with E-state index >= 15 is 0 Å². The van der Waals surface area contributed by atoms with Crippen molar-refractivity contribution in [1.82, 2.24) is 9.38 Å². The Kier molecular flexibility index (Phi) is 3.23. The van der Waals surface area contributed by atoms with Crippen LogP contribution in [0.5, 0.6) is 0 Å². The van der Waals surface area contributed by atoms with Crippen molar-refractivity contribution in [3.05, 3.63) is 69.3 Å². The quantitative estimate of drug-likeness (QED) is 0.782. The van der Waals surface area contributed by atoms with Gasteiger partial charge in [-0.2, -0.15) is 0 Å². The highest BCUT2D eigenvalue weighted by atomic mass is 79.9. The molecule has 0 saturated heterocycles. The van der Waals surface area contributed by atoms with Gasteiger partial charge in [-0.05, 0) is 52.3 Å². The Hall–Kier alpha value is -2.21. The van der Waals surface area contributed by atoms with Crippen LogP contribution in [-0.4, -0.2) is 9.38 Å². The van der Waals surface area contributed by atoms with Gasteiger partial charge in [0, 0.05) is 22.4 Å². The third-order valence-electron chi connectivity index (χ3n) is 2.74. The van der Waals surface area contributed by atoms with Crippen LogP contribution < -0.4 is 10.9 Å². The molecule has 2 heterocycles. The van der Waals surface area contributed by atoms with Crippen molar-refractivity contribution in [3.63, 3.8) is 0 Å². The monoisotopic (exact) mass is 333 g/mol. The van der Waals surface area contributed by atoms with Crippen LogP contribution in [0.25, 0.3) is 5.65 Å². The third-order valence-corrected chi connectivity index (χ3v) is 3.21. The molecule has 2 aromatic heterocycles. The zero-order chi connectivity index (χ0) is 14.1. The van der Waals surface area contributed by atoms with E-state index in [9.17, 15) is 9.18 Å². The summed E-state index contributed by atoms with van der Waals surface area (Å²) >= 11 is 3.31. The van der Waals surface area contributed by atoms with Gasteiger partial charge in [0.25, 0.3) is 5.56 Å². The second-order valence-electron chi connectivity index (χ2n) is 4.19. The van der Waals surface area contributed by atoms with Crippen LogP contribution in [0.2, 0.25) is 0 Å². The molecular formula is C14H9BrFN3O. The van der Waals surface area contributed by atoms with Crippen molar-refractivity contribution in [2.45, 2.75) is 0 Å². The number of nitrogens with one attached hydrogen (secondary N) is 1. The number of fused-ring (bicyclic) bond motifs is 1. The highest BCUT2D eigenvalue weighted by Crippen LogP contribution is 2.15. The maximum Gasteiger partial charge on any atom is 0.259 e. The number of benzene rings is 1. The normalized spacial score (nSPS) is 10.7. The van der Waals surface area contributed by atoms with Crippen LogP contribution in [-0.2, 0) is 0 Å². The maximum absolute atomic E-state index is 12.8. The van der Waals surface area contributed by atoms with Gasteiger partial charge < -0.3 is 5.32 Å². The molecule has 0 radical (unpaired) electrons. The number of hydrogen-bond donors (Lipinski definition) is 1. The molecule has 0 saturated carbocycles. The zero-order valence-corrected chi connectivity index (χ0v) is 11.8. The van der Waals surface area contributed by atoms with Crippen molar-refractivity contribution in [1.29, 1.82) is 0 Å². The predicted octanol–water partition coefficient (Wildman–Crippen LogP) is 3.34. The predicted molar refractivity (Wildman–Crippen MR) is 78.8 cm³/mol. The van der Waals surface area contributed by atoms with E-state index in [-0.39, 0.29) is 11.4 Å². The molecule has 0 amide bonds. The SMILES string of the molecule is O=c1cc(Nc2ccc(F)cc2)nc2ccc(Br)cn12. The fraction of sp³-hybridized carbons (Fsp3) is 0. The van der Waals surface area contributed by atoms with Crippen LogP contribution in [0.15, 0.2) is 57.9 Å². The molecule has 3 rings (SSSR count). The lowest BCUT2D eigenvalue weighted by molar-refractivity contribution is 0.628. The van der Waals surface area contributed by atoms with E-state index in [1.807, 2.05) is 6.07 Å². The molecule has 0 spiro atoms. The zero-order valence-electron chi connectivity index (χ0n) is 10.2. The third kappa shape index (κ3) is 2.55. The highest BCUT2D eigenvalue weighted by molar-refractivity contribution is 9.10. The minimum Gasteiger partial charge on any atom is -0.340 e. The lowest BCUT2D eigenvalue weighted by atomic mass is 10.3. The van der Waals surface area contributed by atoms with E-state index in [0.29, 0.717) is 17.2 Å². The average molecular weight is 334 g/mol. The number of nitrogens with zero attached hydrogens (tertiary/aromatic N) is 2. The Morgan fingerprint density at radius 2 is 1.90 bits per heavy atom. The first-order valence-electron chi connectivity index (χ1n) is 5.83. The second kappa shape index (κ2) is 5.05. The van der Waals surface area contributed by atoms with E-state index in [2.05, 4.69) is 26.2 Å². The number of halogens is 2. The summed E-state index contributed by atoms with van der Waals surface area (Å²) in [5.74, 6) is 0.107. The van der Waals surface area contributed by atoms with Gasteiger partial charge in [0.05, 0.1) is 0 Å². The fourth-order valence-corrected chi connectivity index (χ4v) is 2.16. The Morgan fingerprint density at radius 1 is 1.15 bits per heavy atom. The van der Waals surface area contributed by atoms with Crippen molar-refractivity contribution in [2.75, 3.05) is 5.32 Å². The van der Waals surface area contributed by atoms with Crippen LogP contribution in [0.4, 0.5) is 15.9 Å². The van der Waals surface area contributed by atoms with Crippen LogP contribution >= 0.6 is 15.9 Å². The van der Waals surface area contributed by atoms with E-state index in [1.54, 1.807) is 24.4 Å². The lowest BCUT2D eigenvalue weighted by Gasteiger charge is -2.07. The van der Waals surface area contributed by atoms with E-state index in [1.165, 1.54) is 22.6 Å².